The van der Waals surface area contributed by atoms with Crippen LogP contribution in [0.5, 0.6) is 0 Å². The summed E-state index contributed by atoms with van der Waals surface area (Å²) in [6.07, 6.45) is 4.90. The standard InChI is InChI=1S/C28H29N9O2/c1-36(2)10-4-7-25(38)31-21-9-8-19(17-29)23(16-21)26-24-18-30-35-27(24)34-28(33-26)32-20-5-3-6-22(15-20)37-11-13-39-14-12-37/h3-9,15-16,18H,10-14H2,1-2H3,(H,31,38)(H2,30,32,33,34,35)/b7-4+. The lowest BCUT2D eigenvalue weighted by atomic mass is 10.0. The second-order valence-corrected chi connectivity index (χ2v) is 9.33. The van der Waals surface area contributed by atoms with E-state index in [1.807, 2.05) is 37.2 Å². The first-order valence-corrected chi connectivity index (χ1v) is 12.6. The molecule has 3 heterocycles. The maximum atomic E-state index is 12.4. The van der Waals surface area contributed by atoms with Gasteiger partial charge in [-0.2, -0.15) is 15.3 Å². The third kappa shape index (κ3) is 6.20. The molecule has 0 atom stereocenters. The summed E-state index contributed by atoms with van der Waals surface area (Å²) in [5.74, 6) is 0.0944. The molecule has 3 N–H and O–H groups in total. The number of morpholine rings is 1. The number of amides is 1. The molecular formula is C28H29N9O2. The summed E-state index contributed by atoms with van der Waals surface area (Å²) in [5.41, 5.74) is 4.49. The van der Waals surface area contributed by atoms with Crippen LogP contribution >= 0.6 is 0 Å². The number of carbonyl (C=O) groups is 1. The molecule has 5 rings (SSSR count). The summed E-state index contributed by atoms with van der Waals surface area (Å²) in [5, 5.41) is 23.7. The first-order valence-electron chi connectivity index (χ1n) is 12.6. The summed E-state index contributed by atoms with van der Waals surface area (Å²) in [6.45, 7) is 3.72. The van der Waals surface area contributed by atoms with Crippen LogP contribution in [-0.4, -0.2) is 77.9 Å². The van der Waals surface area contributed by atoms with Crippen molar-refractivity contribution in [3.05, 3.63) is 66.4 Å². The van der Waals surface area contributed by atoms with Crippen LogP contribution in [-0.2, 0) is 9.53 Å². The maximum absolute atomic E-state index is 12.4. The molecule has 0 spiro atoms. The minimum Gasteiger partial charge on any atom is -0.378 e. The molecule has 1 saturated heterocycles. The Bertz CT molecular complexity index is 1550. The van der Waals surface area contributed by atoms with Gasteiger partial charge in [0.25, 0.3) is 0 Å². The normalized spacial score (nSPS) is 13.6. The number of H-pyrrole nitrogens is 1. The fraction of sp³-hybridized carbons (Fsp3) is 0.250. The zero-order valence-corrected chi connectivity index (χ0v) is 21.8. The molecule has 1 aliphatic rings. The SMILES string of the molecule is CN(C)C/C=C/C(=O)Nc1ccc(C#N)c(-c2nc(Nc3cccc(N4CCOCC4)c3)nc3[nH]ncc23)c1. The van der Waals surface area contributed by atoms with E-state index < -0.39 is 0 Å². The van der Waals surface area contributed by atoms with Gasteiger partial charge in [-0.3, -0.25) is 9.89 Å². The number of hydrogen-bond donors (Lipinski definition) is 3. The molecule has 2 aromatic heterocycles. The van der Waals surface area contributed by atoms with E-state index in [2.05, 4.69) is 42.9 Å². The molecule has 1 aliphatic heterocycles. The molecule has 0 unspecified atom stereocenters. The van der Waals surface area contributed by atoms with Gasteiger partial charge in [0.1, 0.15) is 0 Å². The van der Waals surface area contributed by atoms with Crippen molar-refractivity contribution in [3.63, 3.8) is 0 Å². The average molecular weight is 524 g/mol. The molecule has 0 radical (unpaired) electrons. The quantitative estimate of drug-likeness (QED) is 0.296. The monoisotopic (exact) mass is 523 g/mol. The van der Waals surface area contributed by atoms with Crippen LogP contribution in [0.4, 0.5) is 23.0 Å². The zero-order chi connectivity index (χ0) is 27.2. The van der Waals surface area contributed by atoms with Crippen molar-refractivity contribution >= 4 is 40.0 Å². The fourth-order valence-electron chi connectivity index (χ4n) is 4.30. The molecular weight excluding hydrogens is 494 g/mol. The van der Waals surface area contributed by atoms with Gasteiger partial charge in [-0.25, -0.2) is 4.98 Å². The molecule has 1 amide bonds. The molecule has 11 heteroatoms. The van der Waals surface area contributed by atoms with Crippen molar-refractivity contribution in [2.45, 2.75) is 0 Å². The van der Waals surface area contributed by atoms with Gasteiger partial charge >= 0.3 is 0 Å². The Balaban J connectivity index is 1.46. The van der Waals surface area contributed by atoms with Gasteiger partial charge in [-0.15, -0.1) is 0 Å². The van der Waals surface area contributed by atoms with Crippen molar-refractivity contribution in [3.8, 4) is 17.3 Å². The van der Waals surface area contributed by atoms with Crippen LogP contribution in [0, 0.1) is 11.3 Å². The van der Waals surface area contributed by atoms with Gasteiger partial charge in [0, 0.05) is 48.3 Å². The number of aromatic amines is 1. The first-order chi connectivity index (χ1) is 19.0. The lowest BCUT2D eigenvalue weighted by molar-refractivity contribution is -0.111. The number of nitriles is 1. The molecule has 2 aromatic carbocycles. The average Bonchev–Trinajstić information content (AvgIpc) is 3.42. The topological polar surface area (TPSA) is 135 Å². The second-order valence-electron chi connectivity index (χ2n) is 9.33. The molecule has 1 fully saturated rings. The van der Waals surface area contributed by atoms with Crippen molar-refractivity contribution in [1.29, 1.82) is 5.26 Å². The number of nitrogens with zero attached hydrogens (tertiary/aromatic N) is 6. The predicted molar refractivity (Wildman–Crippen MR) is 151 cm³/mol. The van der Waals surface area contributed by atoms with E-state index in [9.17, 15) is 10.1 Å². The molecule has 0 saturated carbocycles. The van der Waals surface area contributed by atoms with Crippen LogP contribution in [0.15, 0.2) is 60.8 Å². The van der Waals surface area contributed by atoms with E-state index in [1.54, 1.807) is 30.5 Å². The van der Waals surface area contributed by atoms with Gasteiger partial charge in [0.2, 0.25) is 11.9 Å². The number of carbonyl (C=O) groups excluding carboxylic acids is 1. The van der Waals surface area contributed by atoms with Gasteiger partial charge in [0.05, 0.1) is 42.1 Å². The lowest BCUT2D eigenvalue weighted by Gasteiger charge is -2.29. The third-order valence-electron chi connectivity index (χ3n) is 6.19. The zero-order valence-electron chi connectivity index (χ0n) is 21.8. The highest BCUT2D eigenvalue weighted by Crippen LogP contribution is 2.32. The molecule has 0 bridgehead atoms. The Labute approximate surface area is 226 Å². The Morgan fingerprint density at radius 3 is 2.82 bits per heavy atom. The number of anilines is 4. The largest absolute Gasteiger partial charge is 0.378 e. The van der Waals surface area contributed by atoms with Crippen molar-refractivity contribution in [2.75, 3.05) is 62.5 Å². The fourth-order valence-corrected chi connectivity index (χ4v) is 4.30. The minimum atomic E-state index is -0.258. The summed E-state index contributed by atoms with van der Waals surface area (Å²) >= 11 is 0. The number of fused-ring (bicyclic) bond motifs is 1. The highest BCUT2D eigenvalue weighted by Gasteiger charge is 2.17. The van der Waals surface area contributed by atoms with Crippen molar-refractivity contribution in [1.82, 2.24) is 25.1 Å². The second kappa shape index (κ2) is 11.7. The van der Waals surface area contributed by atoms with Gasteiger partial charge in [-0.1, -0.05) is 12.1 Å². The van der Waals surface area contributed by atoms with E-state index in [4.69, 9.17) is 9.72 Å². The highest BCUT2D eigenvalue weighted by molar-refractivity contribution is 6.00. The third-order valence-corrected chi connectivity index (χ3v) is 6.19. The minimum absolute atomic E-state index is 0.258. The molecule has 39 heavy (non-hydrogen) atoms. The number of likely N-dealkylation sites (N-methyl/N-ethyl adjacent to an activating group) is 1. The number of rotatable bonds is 8. The first kappa shape index (κ1) is 25.8. The number of aromatic nitrogens is 4. The van der Waals surface area contributed by atoms with Crippen molar-refractivity contribution < 1.29 is 9.53 Å². The highest BCUT2D eigenvalue weighted by atomic mass is 16.5. The summed E-state index contributed by atoms with van der Waals surface area (Å²) in [4.78, 5) is 26.0. The van der Waals surface area contributed by atoms with E-state index in [0.717, 1.165) is 24.5 Å². The van der Waals surface area contributed by atoms with E-state index in [-0.39, 0.29) is 5.91 Å². The Hall–Kier alpha value is -4.79. The van der Waals surface area contributed by atoms with Gasteiger partial charge < -0.3 is 25.2 Å². The molecule has 11 nitrogen and oxygen atoms in total. The molecule has 0 aliphatic carbocycles. The Kier molecular flexibility index (Phi) is 7.77. The van der Waals surface area contributed by atoms with Gasteiger partial charge in [-0.05, 0) is 50.5 Å². The molecule has 4 aromatic rings. The lowest BCUT2D eigenvalue weighted by Crippen LogP contribution is -2.36. The summed E-state index contributed by atoms with van der Waals surface area (Å²) in [7, 11) is 3.86. The van der Waals surface area contributed by atoms with Crippen LogP contribution in [0.3, 0.4) is 0 Å². The van der Waals surface area contributed by atoms with Crippen molar-refractivity contribution in [2.24, 2.45) is 0 Å². The van der Waals surface area contributed by atoms with Crippen LogP contribution in [0.2, 0.25) is 0 Å². The van der Waals surface area contributed by atoms with Crippen LogP contribution in [0.25, 0.3) is 22.3 Å². The van der Waals surface area contributed by atoms with E-state index >= 15 is 0 Å². The number of ether oxygens (including phenoxy) is 1. The Morgan fingerprint density at radius 1 is 1.18 bits per heavy atom. The predicted octanol–water partition coefficient (Wildman–Crippen LogP) is 3.53. The van der Waals surface area contributed by atoms with Gasteiger partial charge in [0.15, 0.2) is 5.65 Å². The summed E-state index contributed by atoms with van der Waals surface area (Å²) < 4.78 is 5.47. The molecule has 198 valence electrons. The number of nitrogens with one attached hydrogen (secondary N) is 3. The van der Waals surface area contributed by atoms with Crippen LogP contribution in [0.1, 0.15) is 5.56 Å². The van der Waals surface area contributed by atoms with E-state index in [1.165, 1.54) is 6.08 Å². The number of hydrogen-bond acceptors (Lipinski definition) is 9. The summed E-state index contributed by atoms with van der Waals surface area (Å²) in [6, 6.07) is 15.4. The van der Waals surface area contributed by atoms with Crippen LogP contribution < -0.4 is 15.5 Å². The maximum Gasteiger partial charge on any atom is 0.248 e. The smallest absolute Gasteiger partial charge is 0.248 e. The number of benzene rings is 2. The Morgan fingerprint density at radius 2 is 2.03 bits per heavy atom. The van der Waals surface area contributed by atoms with E-state index in [0.29, 0.717) is 59.2 Å².